The molecule has 2 heterocycles. The Morgan fingerprint density at radius 1 is 0.548 bits per heavy atom. The summed E-state index contributed by atoms with van der Waals surface area (Å²) >= 11 is 0. The van der Waals surface area contributed by atoms with Crippen molar-refractivity contribution in [2.45, 2.75) is 88.9 Å². The first-order valence-corrected chi connectivity index (χ1v) is 15.7. The number of rotatable bonds is 8. The number of pyridine rings is 2. The maximum Gasteiger partial charge on any atom is 0.522 e. The van der Waals surface area contributed by atoms with E-state index >= 15 is 0 Å². The molecule has 2 aliphatic rings. The van der Waals surface area contributed by atoms with E-state index in [0.29, 0.717) is 24.7 Å². The van der Waals surface area contributed by atoms with E-state index < -0.39 is 6.16 Å². The first-order valence-electron chi connectivity index (χ1n) is 15.7. The summed E-state index contributed by atoms with van der Waals surface area (Å²) in [5.74, 6) is 1.74. The number of aromatic nitrogens is 2. The van der Waals surface area contributed by atoms with Gasteiger partial charge in [0, 0.05) is 36.4 Å². The molecule has 0 aliphatic heterocycles. The highest BCUT2D eigenvalue weighted by atomic mass is 16.7. The lowest BCUT2D eigenvalue weighted by Gasteiger charge is -2.24. The Balaban J connectivity index is 1.17. The van der Waals surface area contributed by atoms with E-state index in [1.165, 1.54) is 86.5 Å². The molecule has 216 valence electrons. The number of nitrogens with zero attached hydrogens (tertiary/aromatic N) is 2. The molecule has 0 amide bonds. The number of carbonyl (C=O) groups excluding carboxylic acids is 1. The maximum atomic E-state index is 13.1. The van der Waals surface area contributed by atoms with E-state index in [-0.39, 0.29) is 11.8 Å². The Hall–Kier alpha value is -3.99. The van der Waals surface area contributed by atoms with E-state index in [0.717, 1.165) is 11.1 Å². The van der Waals surface area contributed by atoms with Crippen molar-refractivity contribution in [3.8, 4) is 11.8 Å². The first kappa shape index (κ1) is 28.1. The van der Waals surface area contributed by atoms with Crippen LogP contribution in [0.5, 0.6) is 11.8 Å². The molecule has 0 unspecified atom stereocenters. The van der Waals surface area contributed by atoms with Gasteiger partial charge in [-0.25, -0.2) is 14.8 Å². The highest BCUT2D eigenvalue weighted by molar-refractivity contribution is 5.67. The van der Waals surface area contributed by atoms with Gasteiger partial charge in [-0.1, -0.05) is 99.2 Å². The van der Waals surface area contributed by atoms with Gasteiger partial charge in [0.05, 0.1) is 0 Å². The monoisotopic (exact) mass is 560 g/mol. The number of carbonyl (C=O) groups is 1. The minimum atomic E-state index is -0.823. The third-order valence-electron chi connectivity index (χ3n) is 9.02. The second-order valence-electron chi connectivity index (χ2n) is 11.8. The van der Waals surface area contributed by atoms with Gasteiger partial charge < -0.3 is 9.47 Å². The topological polar surface area (TPSA) is 61.3 Å². The smallest absolute Gasteiger partial charge is 0.375 e. The van der Waals surface area contributed by atoms with Gasteiger partial charge in [-0.3, -0.25) is 0 Å². The van der Waals surface area contributed by atoms with Crippen molar-refractivity contribution in [2.75, 3.05) is 0 Å². The number of hydrogen-bond donors (Lipinski definition) is 0. The van der Waals surface area contributed by atoms with Crippen molar-refractivity contribution in [3.63, 3.8) is 0 Å². The summed E-state index contributed by atoms with van der Waals surface area (Å²) < 4.78 is 11.4. The van der Waals surface area contributed by atoms with Crippen molar-refractivity contribution in [1.82, 2.24) is 9.97 Å². The van der Waals surface area contributed by atoms with Crippen LogP contribution in [0.25, 0.3) is 0 Å². The summed E-state index contributed by atoms with van der Waals surface area (Å²) in [6, 6.07) is 25.0. The number of ether oxygens (including phenoxy) is 2. The van der Waals surface area contributed by atoms with E-state index in [2.05, 4.69) is 58.5 Å². The van der Waals surface area contributed by atoms with Gasteiger partial charge in [0.25, 0.3) is 0 Å². The van der Waals surface area contributed by atoms with E-state index in [1.54, 1.807) is 12.4 Å². The third kappa shape index (κ3) is 6.89. The number of hydrogen-bond acceptors (Lipinski definition) is 5. The summed E-state index contributed by atoms with van der Waals surface area (Å²) in [7, 11) is 0. The molecule has 2 aliphatic carbocycles. The van der Waals surface area contributed by atoms with Crippen LogP contribution in [-0.4, -0.2) is 16.1 Å². The molecule has 6 rings (SSSR count). The van der Waals surface area contributed by atoms with Gasteiger partial charge in [0.1, 0.15) is 0 Å². The van der Waals surface area contributed by atoms with Crippen molar-refractivity contribution in [1.29, 1.82) is 0 Å². The molecule has 0 saturated heterocycles. The van der Waals surface area contributed by atoms with Crippen molar-refractivity contribution in [2.24, 2.45) is 0 Å². The molecule has 4 aromatic rings. The summed E-state index contributed by atoms with van der Waals surface area (Å²) in [5, 5.41) is 0. The van der Waals surface area contributed by atoms with E-state index in [1.807, 2.05) is 24.3 Å². The molecule has 2 saturated carbocycles. The average molecular weight is 561 g/mol. The second-order valence-corrected chi connectivity index (χ2v) is 11.8. The third-order valence-corrected chi connectivity index (χ3v) is 9.02. The zero-order chi connectivity index (χ0) is 28.6. The van der Waals surface area contributed by atoms with Crippen molar-refractivity contribution < 1.29 is 14.3 Å². The van der Waals surface area contributed by atoms with Gasteiger partial charge in [-0.05, 0) is 71.9 Å². The van der Waals surface area contributed by atoms with Gasteiger partial charge in [-0.2, -0.15) is 0 Å². The van der Waals surface area contributed by atoms with Crippen molar-refractivity contribution >= 4 is 6.16 Å². The van der Waals surface area contributed by atoms with Crippen LogP contribution in [0.15, 0.2) is 85.2 Å². The van der Waals surface area contributed by atoms with Crippen LogP contribution in [-0.2, 0) is 12.8 Å². The Bertz CT molecular complexity index is 1380. The quantitative estimate of drug-likeness (QED) is 0.201. The number of benzene rings is 2. The Labute approximate surface area is 249 Å². The Morgan fingerprint density at radius 2 is 0.952 bits per heavy atom. The van der Waals surface area contributed by atoms with E-state index in [4.69, 9.17) is 9.47 Å². The summed E-state index contributed by atoms with van der Waals surface area (Å²) in [6.45, 7) is 0. The zero-order valence-electron chi connectivity index (χ0n) is 24.3. The highest BCUT2D eigenvalue weighted by Gasteiger charge is 2.22. The SMILES string of the molecule is O=C(Oc1ncccc1Cc1ccccc1C1CCCCC1)Oc1ncccc1Cc1ccccc1C1CCCCC1. The van der Waals surface area contributed by atoms with Gasteiger partial charge >= 0.3 is 6.16 Å². The molecule has 5 heteroatoms. The van der Waals surface area contributed by atoms with Crippen LogP contribution in [0.1, 0.15) is 109 Å². The van der Waals surface area contributed by atoms with Crippen LogP contribution in [0.4, 0.5) is 4.79 Å². The lowest BCUT2D eigenvalue weighted by atomic mass is 9.81. The van der Waals surface area contributed by atoms with Crippen LogP contribution in [0.2, 0.25) is 0 Å². The maximum absolute atomic E-state index is 13.1. The molecule has 0 atom stereocenters. The molecule has 42 heavy (non-hydrogen) atoms. The fraction of sp³-hybridized carbons (Fsp3) is 0.378. The Kier molecular flexibility index (Phi) is 9.24. The van der Waals surface area contributed by atoms with Crippen LogP contribution >= 0.6 is 0 Å². The molecule has 5 nitrogen and oxygen atoms in total. The van der Waals surface area contributed by atoms with Gasteiger partial charge in [0.15, 0.2) is 0 Å². The van der Waals surface area contributed by atoms with Gasteiger partial charge in [-0.15, -0.1) is 0 Å². The van der Waals surface area contributed by atoms with Crippen molar-refractivity contribution in [3.05, 3.63) is 119 Å². The standard InChI is InChI=1S/C37H40N2O3/c40-37(41-35-31(19-11-23-38-35)25-29-17-7-9-21-33(29)27-13-3-1-4-14-27)42-36-32(20-12-24-39-36)26-30-18-8-10-22-34(30)28-15-5-2-6-16-28/h7-12,17-24,27-28H,1-6,13-16,25-26H2. The van der Waals surface area contributed by atoms with Crippen LogP contribution < -0.4 is 9.47 Å². The molecule has 0 bridgehead atoms. The summed E-state index contributed by atoms with van der Waals surface area (Å²) in [5.41, 5.74) is 7.06. The summed E-state index contributed by atoms with van der Waals surface area (Å²) in [6.07, 6.45) is 16.5. The van der Waals surface area contributed by atoms with Crippen LogP contribution in [0, 0.1) is 0 Å². The minimum Gasteiger partial charge on any atom is -0.375 e. The highest BCUT2D eigenvalue weighted by Crippen LogP contribution is 2.37. The minimum absolute atomic E-state index is 0.279. The molecular weight excluding hydrogens is 520 g/mol. The molecule has 0 radical (unpaired) electrons. The van der Waals surface area contributed by atoms with E-state index in [9.17, 15) is 4.79 Å². The Morgan fingerprint density at radius 3 is 1.40 bits per heavy atom. The molecule has 0 spiro atoms. The average Bonchev–Trinajstić information content (AvgIpc) is 3.04. The predicted molar refractivity (Wildman–Crippen MR) is 165 cm³/mol. The second kappa shape index (κ2) is 13.8. The summed E-state index contributed by atoms with van der Waals surface area (Å²) in [4.78, 5) is 21.9. The fourth-order valence-corrected chi connectivity index (χ4v) is 6.90. The molecule has 0 N–H and O–H groups in total. The zero-order valence-corrected chi connectivity index (χ0v) is 24.3. The predicted octanol–water partition coefficient (Wildman–Crippen LogP) is 9.33. The molecule has 2 aromatic heterocycles. The lowest BCUT2D eigenvalue weighted by Crippen LogP contribution is -2.17. The fourth-order valence-electron chi connectivity index (χ4n) is 6.90. The first-order chi connectivity index (χ1) is 20.7. The van der Waals surface area contributed by atoms with Crippen LogP contribution in [0.3, 0.4) is 0 Å². The largest absolute Gasteiger partial charge is 0.522 e. The lowest BCUT2D eigenvalue weighted by molar-refractivity contribution is 0.147. The molecule has 2 aromatic carbocycles. The van der Waals surface area contributed by atoms with Gasteiger partial charge in [0.2, 0.25) is 11.8 Å². The normalized spacial score (nSPS) is 16.2. The molecule has 2 fully saturated rings. The molecular formula is C37H40N2O3.